The summed E-state index contributed by atoms with van der Waals surface area (Å²) in [6.45, 7) is 3.50. The van der Waals surface area contributed by atoms with Crippen LogP contribution in [-0.4, -0.2) is 37.5 Å². The summed E-state index contributed by atoms with van der Waals surface area (Å²) in [4.78, 5) is 13.3. The Bertz CT molecular complexity index is 311. The van der Waals surface area contributed by atoms with Crippen LogP contribution in [-0.2, 0) is 4.79 Å². The summed E-state index contributed by atoms with van der Waals surface area (Å²) in [7, 11) is 1.63. The highest BCUT2D eigenvalue weighted by Gasteiger charge is 2.21. The number of nitrogens with two attached hydrogens (primary N) is 1. The van der Waals surface area contributed by atoms with Crippen molar-refractivity contribution in [3.8, 4) is 0 Å². The van der Waals surface area contributed by atoms with Crippen LogP contribution in [0.1, 0.15) is 18.7 Å². The van der Waals surface area contributed by atoms with Crippen LogP contribution < -0.4 is 11.1 Å². The Morgan fingerprint density at radius 3 is 2.88 bits per heavy atom. The van der Waals surface area contributed by atoms with Crippen molar-refractivity contribution in [1.29, 1.82) is 0 Å². The lowest BCUT2D eigenvalue weighted by atomic mass is 10.2. The fraction of sp³-hybridized carbons (Fsp3) is 0.545. The van der Waals surface area contributed by atoms with Gasteiger partial charge in [0.2, 0.25) is 5.91 Å². The van der Waals surface area contributed by atoms with E-state index in [4.69, 9.17) is 10.2 Å². The van der Waals surface area contributed by atoms with Crippen molar-refractivity contribution in [1.82, 2.24) is 10.2 Å². The molecule has 0 aliphatic rings. The van der Waals surface area contributed by atoms with Crippen LogP contribution in [0.5, 0.6) is 0 Å². The van der Waals surface area contributed by atoms with Crippen LogP contribution in [0.3, 0.4) is 0 Å². The molecule has 1 rings (SSSR count). The summed E-state index contributed by atoms with van der Waals surface area (Å²) in [5, 5.41) is 2.60. The van der Waals surface area contributed by atoms with Crippen LogP contribution in [0.25, 0.3) is 0 Å². The molecule has 90 valence electrons. The molecule has 3 N–H and O–H groups in total. The fourth-order valence-electron chi connectivity index (χ4n) is 1.63. The van der Waals surface area contributed by atoms with Crippen molar-refractivity contribution in [2.75, 3.05) is 26.7 Å². The number of hydrogen-bond acceptors (Lipinski definition) is 4. The Labute approximate surface area is 95.6 Å². The number of likely N-dealkylation sites (N-methyl/N-ethyl adjacent to an activating group) is 2. The van der Waals surface area contributed by atoms with E-state index < -0.39 is 0 Å². The Morgan fingerprint density at radius 2 is 2.44 bits per heavy atom. The zero-order chi connectivity index (χ0) is 12.0. The highest BCUT2D eigenvalue weighted by atomic mass is 16.3. The van der Waals surface area contributed by atoms with Gasteiger partial charge in [0.25, 0.3) is 0 Å². The summed E-state index contributed by atoms with van der Waals surface area (Å²) >= 11 is 0. The first-order chi connectivity index (χ1) is 7.72. The minimum atomic E-state index is -0.0442. The van der Waals surface area contributed by atoms with Gasteiger partial charge in [0.05, 0.1) is 18.8 Å². The van der Waals surface area contributed by atoms with E-state index in [9.17, 15) is 4.79 Å². The number of furan rings is 1. The quantitative estimate of drug-likeness (QED) is 0.732. The first kappa shape index (κ1) is 12.7. The van der Waals surface area contributed by atoms with E-state index in [0.29, 0.717) is 13.1 Å². The maximum Gasteiger partial charge on any atom is 0.233 e. The molecule has 0 radical (unpaired) electrons. The normalized spacial score (nSPS) is 12.8. The smallest absolute Gasteiger partial charge is 0.233 e. The Hall–Kier alpha value is -1.33. The summed E-state index contributed by atoms with van der Waals surface area (Å²) in [6.07, 6.45) is 1.62. The van der Waals surface area contributed by atoms with Gasteiger partial charge in [-0.3, -0.25) is 9.69 Å². The van der Waals surface area contributed by atoms with Crippen molar-refractivity contribution in [3.05, 3.63) is 24.2 Å². The Kier molecular flexibility index (Phi) is 5.01. The van der Waals surface area contributed by atoms with Gasteiger partial charge in [-0.25, -0.2) is 0 Å². The van der Waals surface area contributed by atoms with Crippen LogP contribution >= 0.6 is 0 Å². The van der Waals surface area contributed by atoms with E-state index in [-0.39, 0.29) is 11.9 Å². The van der Waals surface area contributed by atoms with Gasteiger partial charge in [0, 0.05) is 13.6 Å². The average Bonchev–Trinajstić information content (AvgIpc) is 2.82. The summed E-state index contributed by atoms with van der Waals surface area (Å²) in [5.74, 6) is 0.778. The highest BCUT2D eigenvalue weighted by Crippen LogP contribution is 2.19. The number of nitrogens with zero attached hydrogens (tertiary/aromatic N) is 1. The molecule has 5 nitrogen and oxygen atoms in total. The fourth-order valence-corrected chi connectivity index (χ4v) is 1.63. The van der Waals surface area contributed by atoms with Gasteiger partial charge in [0.1, 0.15) is 5.76 Å². The molecule has 1 heterocycles. The number of carbonyl (C=O) groups is 1. The first-order valence-electron chi connectivity index (χ1n) is 5.41. The summed E-state index contributed by atoms with van der Waals surface area (Å²) in [5.41, 5.74) is 5.72. The molecule has 1 aromatic heterocycles. The predicted octanol–water partition coefficient (Wildman–Crippen LogP) is 0.347. The van der Waals surface area contributed by atoms with Crippen LogP contribution in [0.15, 0.2) is 22.8 Å². The number of rotatable bonds is 6. The zero-order valence-electron chi connectivity index (χ0n) is 9.77. The predicted molar refractivity (Wildman–Crippen MR) is 61.8 cm³/mol. The molecule has 5 heteroatoms. The number of carbonyl (C=O) groups excluding carboxylic acids is 1. The molecule has 0 aliphatic heterocycles. The second kappa shape index (κ2) is 6.30. The molecule has 0 fully saturated rings. The zero-order valence-corrected chi connectivity index (χ0v) is 9.77. The lowest BCUT2D eigenvalue weighted by Crippen LogP contribution is -2.40. The molecular formula is C11H19N3O2. The minimum absolute atomic E-state index is 0.0214. The van der Waals surface area contributed by atoms with Crippen LogP contribution in [0.4, 0.5) is 0 Å². The third kappa shape index (κ3) is 3.08. The minimum Gasteiger partial charge on any atom is -0.468 e. The molecule has 0 saturated heterocycles. The van der Waals surface area contributed by atoms with Gasteiger partial charge in [-0.1, -0.05) is 6.92 Å². The Balaban J connectivity index is 2.72. The van der Waals surface area contributed by atoms with Crippen LogP contribution in [0, 0.1) is 0 Å². The van der Waals surface area contributed by atoms with E-state index in [1.807, 2.05) is 24.0 Å². The molecule has 1 atom stereocenters. The molecule has 0 spiro atoms. The number of nitrogens with one attached hydrogen (secondary N) is 1. The summed E-state index contributed by atoms with van der Waals surface area (Å²) < 4.78 is 5.33. The van der Waals surface area contributed by atoms with Crippen molar-refractivity contribution in [3.63, 3.8) is 0 Å². The van der Waals surface area contributed by atoms with E-state index in [2.05, 4.69) is 5.32 Å². The van der Waals surface area contributed by atoms with E-state index in [1.165, 1.54) is 0 Å². The van der Waals surface area contributed by atoms with Gasteiger partial charge < -0.3 is 15.5 Å². The van der Waals surface area contributed by atoms with Gasteiger partial charge in [-0.05, 0) is 18.7 Å². The SMILES string of the molecule is CCN(CC(=O)NC)C(CN)c1ccco1. The van der Waals surface area contributed by atoms with Crippen LogP contribution in [0.2, 0.25) is 0 Å². The summed E-state index contributed by atoms with van der Waals surface area (Å²) in [6, 6.07) is 3.66. The second-order valence-electron chi connectivity index (χ2n) is 3.50. The lowest BCUT2D eigenvalue weighted by molar-refractivity contribution is -0.122. The van der Waals surface area contributed by atoms with Gasteiger partial charge in [0.15, 0.2) is 0 Å². The third-order valence-electron chi connectivity index (χ3n) is 2.57. The van der Waals surface area contributed by atoms with Crippen molar-refractivity contribution in [2.24, 2.45) is 5.73 Å². The average molecular weight is 225 g/mol. The van der Waals surface area contributed by atoms with Crippen molar-refractivity contribution < 1.29 is 9.21 Å². The molecule has 1 amide bonds. The monoisotopic (exact) mass is 225 g/mol. The first-order valence-corrected chi connectivity index (χ1v) is 5.41. The van der Waals surface area contributed by atoms with Gasteiger partial charge >= 0.3 is 0 Å². The van der Waals surface area contributed by atoms with Gasteiger partial charge in [-0.2, -0.15) is 0 Å². The highest BCUT2D eigenvalue weighted by molar-refractivity contribution is 5.77. The molecule has 0 aliphatic carbocycles. The van der Waals surface area contributed by atoms with E-state index >= 15 is 0 Å². The maximum absolute atomic E-state index is 11.3. The second-order valence-corrected chi connectivity index (χ2v) is 3.50. The lowest BCUT2D eigenvalue weighted by Gasteiger charge is -2.27. The maximum atomic E-state index is 11.3. The van der Waals surface area contributed by atoms with Crippen molar-refractivity contribution in [2.45, 2.75) is 13.0 Å². The molecule has 0 aromatic carbocycles. The molecule has 0 saturated carbocycles. The molecule has 0 bridgehead atoms. The van der Waals surface area contributed by atoms with E-state index in [1.54, 1.807) is 13.3 Å². The largest absolute Gasteiger partial charge is 0.468 e. The molecule has 1 aromatic rings. The molecule has 1 unspecified atom stereocenters. The Morgan fingerprint density at radius 1 is 1.69 bits per heavy atom. The van der Waals surface area contributed by atoms with Gasteiger partial charge in [-0.15, -0.1) is 0 Å². The number of amides is 1. The topological polar surface area (TPSA) is 71.5 Å². The molecule has 16 heavy (non-hydrogen) atoms. The van der Waals surface area contributed by atoms with E-state index in [0.717, 1.165) is 12.3 Å². The number of hydrogen-bond donors (Lipinski definition) is 2. The van der Waals surface area contributed by atoms with Crippen molar-refractivity contribution >= 4 is 5.91 Å². The standard InChI is InChI=1S/C11H19N3O2/c1-3-14(8-11(15)13-2)9(7-12)10-5-4-6-16-10/h4-6,9H,3,7-8,12H2,1-2H3,(H,13,15). The molecular weight excluding hydrogens is 206 g/mol. The third-order valence-corrected chi connectivity index (χ3v) is 2.57.